The van der Waals surface area contributed by atoms with Gasteiger partial charge in [0.05, 0.1) is 0 Å². The summed E-state index contributed by atoms with van der Waals surface area (Å²) in [6.45, 7) is 1.84. The van der Waals surface area contributed by atoms with E-state index in [1.807, 2.05) is 37.3 Å². The number of amides is 1. The third-order valence-electron chi connectivity index (χ3n) is 1.87. The van der Waals surface area contributed by atoms with E-state index in [2.05, 4.69) is 0 Å². The van der Waals surface area contributed by atoms with Crippen LogP contribution in [0.15, 0.2) is 30.3 Å². The van der Waals surface area contributed by atoms with Crippen molar-refractivity contribution in [2.75, 3.05) is 0 Å². The van der Waals surface area contributed by atoms with Crippen molar-refractivity contribution < 1.29 is 4.79 Å². The molecule has 1 rings (SSSR count). The minimum absolute atomic E-state index is 0. The average Bonchev–Trinajstić information content (AvgIpc) is 2.06. The van der Waals surface area contributed by atoms with Crippen LogP contribution in [-0.4, -0.2) is 5.91 Å². The van der Waals surface area contributed by atoms with E-state index in [0.29, 0.717) is 0 Å². The molecule has 1 unspecified atom stereocenters. The fourth-order valence-corrected chi connectivity index (χ4v) is 1.07. The molecule has 1 amide bonds. The molecule has 0 fully saturated rings. The summed E-state index contributed by atoms with van der Waals surface area (Å²) in [6.07, 6.45) is 0.732. The molecule has 0 aliphatic heterocycles. The summed E-state index contributed by atoms with van der Waals surface area (Å²) in [5.41, 5.74) is 6.30. The first kappa shape index (κ1) is 11.7. The van der Waals surface area contributed by atoms with Gasteiger partial charge in [0, 0.05) is 5.92 Å². The lowest BCUT2D eigenvalue weighted by atomic mass is 10.0. The van der Waals surface area contributed by atoms with Crippen molar-refractivity contribution in [1.29, 1.82) is 0 Å². The molecule has 72 valence electrons. The highest BCUT2D eigenvalue weighted by atomic mass is 16.1. The molecular formula is C11H17NO. The minimum atomic E-state index is -0.237. The van der Waals surface area contributed by atoms with E-state index in [1.54, 1.807) is 0 Å². The second kappa shape index (κ2) is 5.36. The van der Waals surface area contributed by atoms with Gasteiger partial charge in [-0.05, 0) is 12.0 Å². The molecule has 0 saturated heterocycles. The maximum Gasteiger partial charge on any atom is 0.220 e. The first-order valence-corrected chi connectivity index (χ1v) is 4.03. The van der Waals surface area contributed by atoms with Crippen LogP contribution >= 0.6 is 0 Å². The zero-order valence-electron chi connectivity index (χ0n) is 7.16. The van der Waals surface area contributed by atoms with Gasteiger partial charge in [-0.3, -0.25) is 4.79 Å². The van der Waals surface area contributed by atoms with Gasteiger partial charge < -0.3 is 5.73 Å². The molecule has 0 aliphatic rings. The molecule has 2 N–H and O–H groups in total. The largest absolute Gasteiger partial charge is 0.369 e. The van der Waals surface area contributed by atoms with Crippen LogP contribution in [0.3, 0.4) is 0 Å². The fourth-order valence-electron chi connectivity index (χ4n) is 1.07. The van der Waals surface area contributed by atoms with Crippen LogP contribution in [0.25, 0.3) is 0 Å². The normalized spacial score (nSPS) is 11.5. The van der Waals surface area contributed by atoms with Crippen LogP contribution in [0.1, 0.15) is 19.9 Å². The first-order valence-electron chi connectivity index (χ1n) is 4.03. The standard InChI is InChI=1S/C10H13NO.CH4/c1-8(10(11)12)7-9-5-3-2-4-6-9;/h2-6,8H,7H2,1H3,(H2,11,12);1H4. The van der Waals surface area contributed by atoms with Gasteiger partial charge in [0.1, 0.15) is 0 Å². The molecule has 1 aromatic rings. The number of carbonyl (C=O) groups excluding carboxylic acids is 1. The highest BCUT2D eigenvalue weighted by Gasteiger charge is 2.08. The van der Waals surface area contributed by atoms with Crippen molar-refractivity contribution in [3.63, 3.8) is 0 Å². The Morgan fingerprint density at radius 3 is 2.38 bits per heavy atom. The molecule has 0 spiro atoms. The molecular weight excluding hydrogens is 162 g/mol. The Morgan fingerprint density at radius 2 is 1.92 bits per heavy atom. The van der Waals surface area contributed by atoms with Crippen molar-refractivity contribution >= 4 is 5.91 Å². The van der Waals surface area contributed by atoms with Crippen molar-refractivity contribution in [1.82, 2.24) is 0 Å². The Kier molecular flexibility index (Phi) is 4.82. The van der Waals surface area contributed by atoms with Gasteiger partial charge in [0.2, 0.25) is 5.91 Å². The van der Waals surface area contributed by atoms with Crippen LogP contribution in [0.2, 0.25) is 0 Å². The monoisotopic (exact) mass is 179 g/mol. The quantitative estimate of drug-likeness (QED) is 0.757. The van der Waals surface area contributed by atoms with Crippen molar-refractivity contribution in [3.8, 4) is 0 Å². The van der Waals surface area contributed by atoms with Crippen molar-refractivity contribution in [2.45, 2.75) is 20.8 Å². The Hall–Kier alpha value is -1.31. The third kappa shape index (κ3) is 3.74. The first-order chi connectivity index (χ1) is 5.70. The highest BCUT2D eigenvalue weighted by Crippen LogP contribution is 2.06. The van der Waals surface area contributed by atoms with Crippen molar-refractivity contribution in [3.05, 3.63) is 35.9 Å². The summed E-state index contributed by atoms with van der Waals surface area (Å²) in [6, 6.07) is 9.88. The van der Waals surface area contributed by atoms with Crippen LogP contribution in [0.5, 0.6) is 0 Å². The zero-order chi connectivity index (χ0) is 8.97. The Bertz CT molecular complexity index is 256. The fraction of sp³-hybridized carbons (Fsp3) is 0.364. The number of benzene rings is 1. The second-order valence-electron chi connectivity index (χ2n) is 2.99. The van der Waals surface area contributed by atoms with E-state index >= 15 is 0 Å². The summed E-state index contributed by atoms with van der Waals surface area (Å²) in [5.74, 6) is -0.314. The summed E-state index contributed by atoms with van der Waals surface area (Å²) in [5, 5.41) is 0. The molecule has 0 heterocycles. The smallest absolute Gasteiger partial charge is 0.220 e. The number of carbonyl (C=O) groups is 1. The number of hydrogen-bond donors (Lipinski definition) is 1. The van der Waals surface area contributed by atoms with Gasteiger partial charge in [-0.1, -0.05) is 44.7 Å². The Morgan fingerprint density at radius 1 is 1.38 bits per heavy atom. The average molecular weight is 179 g/mol. The molecule has 2 heteroatoms. The van der Waals surface area contributed by atoms with E-state index < -0.39 is 0 Å². The maximum atomic E-state index is 10.7. The third-order valence-corrected chi connectivity index (χ3v) is 1.87. The van der Waals surface area contributed by atoms with Crippen molar-refractivity contribution in [2.24, 2.45) is 11.7 Å². The van der Waals surface area contributed by atoms with Crippen LogP contribution < -0.4 is 5.73 Å². The molecule has 13 heavy (non-hydrogen) atoms. The Balaban J connectivity index is 0.00000144. The summed E-state index contributed by atoms with van der Waals surface area (Å²) < 4.78 is 0. The zero-order valence-corrected chi connectivity index (χ0v) is 7.16. The van der Waals surface area contributed by atoms with Crippen LogP contribution in [0, 0.1) is 5.92 Å². The predicted octanol–water partition coefficient (Wildman–Crippen LogP) is 1.99. The molecule has 0 bridgehead atoms. The van der Waals surface area contributed by atoms with E-state index in [0.717, 1.165) is 12.0 Å². The number of primary amides is 1. The van der Waals surface area contributed by atoms with Gasteiger partial charge in [-0.15, -0.1) is 0 Å². The van der Waals surface area contributed by atoms with Gasteiger partial charge >= 0.3 is 0 Å². The molecule has 0 radical (unpaired) electrons. The molecule has 0 aliphatic carbocycles. The molecule has 1 aromatic carbocycles. The molecule has 0 saturated carbocycles. The van der Waals surface area contributed by atoms with Gasteiger partial charge in [0.25, 0.3) is 0 Å². The minimum Gasteiger partial charge on any atom is -0.369 e. The lowest BCUT2D eigenvalue weighted by molar-refractivity contribution is -0.121. The molecule has 0 aromatic heterocycles. The highest BCUT2D eigenvalue weighted by molar-refractivity contribution is 5.76. The van der Waals surface area contributed by atoms with Crippen LogP contribution in [0.4, 0.5) is 0 Å². The number of nitrogens with two attached hydrogens (primary N) is 1. The number of hydrogen-bond acceptors (Lipinski definition) is 1. The van der Waals surface area contributed by atoms with E-state index in [9.17, 15) is 4.79 Å². The SMILES string of the molecule is C.CC(Cc1ccccc1)C(N)=O. The molecule has 2 nitrogen and oxygen atoms in total. The van der Waals surface area contributed by atoms with Gasteiger partial charge in [-0.2, -0.15) is 0 Å². The number of rotatable bonds is 3. The lowest BCUT2D eigenvalue weighted by Crippen LogP contribution is -2.22. The van der Waals surface area contributed by atoms with E-state index in [1.165, 1.54) is 0 Å². The predicted molar refractivity (Wildman–Crippen MR) is 55.2 cm³/mol. The van der Waals surface area contributed by atoms with Gasteiger partial charge in [0.15, 0.2) is 0 Å². The Labute approximate surface area is 79.8 Å². The second-order valence-corrected chi connectivity index (χ2v) is 2.99. The summed E-state index contributed by atoms with van der Waals surface area (Å²) in [4.78, 5) is 10.7. The maximum absolute atomic E-state index is 10.7. The van der Waals surface area contributed by atoms with E-state index in [-0.39, 0.29) is 19.3 Å². The lowest BCUT2D eigenvalue weighted by Gasteiger charge is -2.05. The van der Waals surface area contributed by atoms with E-state index in [4.69, 9.17) is 5.73 Å². The van der Waals surface area contributed by atoms with Crippen LogP contribution in [-0.2, 0) is 11.2 Å². The molecule has 1 atom stereocenters. The van der Waals surface area contributed by atoms with Gasteiger partial charge in [-0.25, -0.2) is 0 Å². The summed E-state index contributed by atoms with van der Waals surface area (Å²) >= 11 is 0. The summed E-state index contributed by atoms with van der Waals surface area (Å²) in [7, 11) is 0. The topological polar surface area (TPSA) is 43.1 Å².